The standard InChI is InChI=1S/C15H15BrN2O2/c1-11-2-3-14(13(16)8-11)20-10-15(19)18-9-12-4-6-17-7-5-12/h2-8H,9-10H2,1H3,(H,18,19). The van der Waals surface area contributed by atoms with E-state index in [9.17, 15) is 4.79 Å². The van der Waals surface area contributed by atoms with Crippen LogP contribution in [0.4, 0.5) is 0 Å². The lowest BCUT2D eigenvalue weighted by atomic mass is 10.2. The van der Waals surface area contributed by atoms with Gasteiger partial charge in [-0.25, -0.2) is 0 Å². The summed E-state index contributed by atoms with van der Waals surface area (Å²) < 4.78 is 6.32. The molecular weight excluding hydrogens is 320 g/mol. The molecule has 0 aliphatic heterocycles. The maximum Gasteiger partial charge on any atom is 0.258 e. The Morgan fingerprint density at radius 1 is 1.30 bits per heavy atom. The first-order chi connectivity index (χ1) is 9.65. The van der Waals surface area contributed by atoms with Gasteiger partial charge in [0.05, 0.1) is 4.47 Å². The topological polar surface area (TPSA) is 51.2 Å². The van der Waals surface area contributed by atoms with Crippen LogP contribution >= 0.6 is 15.9 Å². The van der Waals surface area contributed by atoms with E-state index in [1.54, 1.807) is 12.4 Å². The minimum absolute atomic E-state index is 0.00720. The van der Waals surface area contributed by atoms with Crippen molar-refractivity contribution in [2.75, 3.05) is 6.61 Å². The highest BCUT2D eigenvalue weighted by atomic mass is 79.9. The first-order valence-electron chi connectivity index (χ1n) is 6.20. The number of ether oxygens (including phenoxy) is 1. The molecule has 0 aliphatic carbocycles. The van der Waals surface area contributed by atoms with Gasteiger partial charge < -0.3 is 10.1 Å². The minimum atomic E-state index is -0.158. The van der Waals surface area contributed by atoms with E-state index in [1.807, 2.05) is 37.3 Å². The molecule has 0 atom stereocenters. The maximum absolute atomic E-state index is 11.7. The second-order valence-corrected chi connectivity index (χ2v) is 5.21. The number of aromatic nitrogens is 1. The van der Waals surface area contributed by atoms with E-state index in [4.69, 9.17) is 4.74 Å². The Balaban J connectivity index is 1.80. The van der Waals surface area contributed by atoms with Crippen LogP contribution in [0.2, 0.25) is 0 Å². The molecular formula is C15H15BrN2O2. The largest absolute Gasteiger partial charge is 0.483 e. The summed E-state index contributed by atoms with van der Waals surface area (Å²) in [7, 11) is 0. The lowest BCUT2D eigenvalue weighted by molar-refractivity contribution is -0.123. The fourth-order valence-electron chi connectivity index (χ4n) is 1.62. The van der Waals surface area contributed by atoms with Gasteiger partial charge >= 0.3 is 0 Å². The molecule has 1 amide bonds. The van der Waals surface area contributed by atoms with Crippen molar-refractivity contribution in [2.24, 2.45) is 0 Å². The van der Waals surface area contributed by atoms with E-state index >= 15 is 0 Å². The third kappa shape index (κ3) is 4.35. The van der Waals surface area contributed by atoms with Gasteiger partial charge in [-0.15, -0.1) is 0 Å². The third-order valence-electron chi connectivity index (χ3n) is 2.69. The number of nitrogens with zero attached hydrogens (tertiary/aromatic N) is 1. The van der Waals surface area contributed by atoms with Gasteiger partial charge in [-0.05, 0) is 58.2 Å². The summed E-state index contributed by atoms with van der Waals surface area (Å²) in [6.45, 7) is 2.46. The molecule has 2 aromatic rings. The van der Waals surface area contributed by atoms with Crippen LogP contribution in [0.1, 0.15) is 11.1 Å². The van der Waals surface area contributed by atoms with Gasteiger partial charge in [0.2, 0.25) is 0 Å². The molecule has 0 unspecified atom stereocenters. The molecule has 5 heteroatoms. The van der Waals surface area contributed by atoms with Crippen LogP contribution < -0.4 is 10.1 Å². The first kappa shape index (κ1) is 14.5. The predicted octanol–water partition coefficient (Wildman–Crippen LogP) is 2.85. The zero-order chi connectivity index (χ0) is 14.4. The first-order valence-corrected chi connectivity index (χ1v) is 6.99. The Hall–Kier alpha value is -1.88. The summed E-state index contributed by atoms with van der Waals surface area (Å²) in [4.78, 5) is 15.6. The second-order valence-electron chi connectivity index (χ2n) is 4.35. The van der Waals surface area contributed by atoms with Gasteiger partial charge in [-0.3, -0.25) is 9.78 Å². The smallest absolute Gasteiger partial charge is 0.258 e. The molecule has 1 N–H and O–H groups in total. The molecule has 0 bridgehead atoms. The minimum Gasteiger partial charge on any atom is -0.483 e. The van der Waals surface area contributed by atoms with Crippen molar-refractivity contribution < 1.29 is 9.53 Å². The summed E-state index contributed by atoms with van der Waals surface area (Å²) in [5, 5.41) is 2.79. The third-order valence-corrected chi connectivity index (χ3v) is 3.30. The van der Waals surface area contributed by atoms with Gasteiger partial charge in [0.1, 0.15) is 5.75 Å². The molecule has 1 aromatic carbocycles. The molecule has 0 fully saturated rings. The van der Waals surface area contributed by atoms with E-state index in [2.05, 4.69) is 26.2 Å². The summed E-state index contributed by atoms with van der Waals surface area (Å²) in [6.07, 6.45) is 3.39. The van der Waals surface area contributed by atoms with Crippen LogP contribution in [-0.2, 0) is 11.3 Å². The van der Waals surface area contributed by atoms with E-state index in [0.717, 1.165) is 15.6 Å². The molecule has 104 valence electrons. The van der Waals surface area contributed by atoms with Gasteiger partial charge in [0.25, 0.3) is 5.91 Å². The van der Waals surface area contributed by atoms with E-state index in [1.165, 1.54) is 0 Å². The Bertz CT molecular complexity index is 588. The van der Waals surface area contributed by atoms with E-state index in [0.29, 0.717) is 12.3 Å². The van der Waals surface area contributed by atoms with Gasteiger partial charge in [-0.1, -0.05) is 6.07 Å². The number of carbonyl (C=O) groups is 1. The summed E-state index contributed by atoms with van der Waals surface area (Å²) in [5.41, 5.74) is 2.14. The van der Waals surface area contributed by atoms with Crippen LogP contribution in [0.5, 0.6) is 5.75 Å². The van der Waals surface area contributed by atoms with Crippen LogP contribution in [0.25, 0.3) is 0 Å². The molecule has 1 heterocycles. The van der Waals surface area contributed by atoms with Gasteiger partial charge in [-0.2, -0.15) is 0 Å². The molecule has 0 saturated carbocycles. The van der Waals surface area contributed by atoms with Crippen molar-refractivity contribution in [3.8, 4) is 5.75 Å². The SMILES string of the molecule is Cc1ccc(OCC(=O)NCc2ccncc2)c(Br)c1. The van der Waals surface area contributed by atoms with Crippen molar-refractivity contribution in [1.82, 2.24) is 10.3 Å². The average Bonchev–Trinajstić information content (AvgIpc) is 2.45. The molecule has 0 aliphatic rings. The normalized spacial score (nSPS) is 10.1. The molecule has 0 saturated heterocycles. The molecule has 4 nitrogen and oxygen atoms in total. The highest BCUT2D eigenvalue weighted by Crippen LogP contribution is 2.25. The second kappa shape index (κ2) is 7.05. The Kier molecular flexibility index (Phi) is 5.12. The van der Waals surface area contributed by atoms with Crippen molar-refractivity contribution >= 4 is 21.8 Å². The zero-order valence-corrected chi connectivity index (χ0v) is 12.7. The van der Waals surface area contributed by atoms with Crippen LogP contribution in [0, 0.1) is 6.92 Å². The summed E-state index contributed by atoms with van der Waals surface area (Å²) in [5.74, 6) is 0.504. The number of carbonyl (C=O) groups excluding carboxylic acids is 1. The Morgan fingerprint density at radius 3 is 2.75 bits per heavy atom. The lowest BCUT2D eigenvalue weighted by Gasteiger charge is -2.09. The number of aryl methyl sites for hydroxylation is 1. The zero-order valence-electron chi connectivity index (χ0n) is 11.1. The van der Waals surface area contributed by atoms with Crippen LogP contribution in [-0.4, -0.2) is 17.5 Å². The summed E-state index contributed by atoms with van der Waals surface area (Å²) >= 11 is 3.41. The molecule has 1 aromatic heterocycles. The van der Waals surface area contributed by atoms with Crippen LogP contribution in [0.3, 0.4) is 0 Å². The predicted molar refractivity (Wildman–Crippen MR) is 80.5 cm³/mol. The number of hydrogen-bond donors (Lipinski definition) is 1. The Labute approximate surface area is 126 Å². The number of halogens is 1. The number of benzene rings is 1. The monoisotopic (exact) mass is 334 g/mol. The molecule has 0 radical (unpaired) electrons. The highest BCUT2D eigenvalue weighted by Gasteiger charge is 2.05. The van der Waals surface area contributed by atoms with Gasteiger partial charge in [0, 0.05) is 18.9 Å². The van der Waals surface area contributed by atoms with E-state index in [-0.39, 0.29) is 12.5 Å². The Morgan fingerprint density at radius 2 is 2.05 bits per heavy atom. The fraction of sp³-hybridized carbons (Fsp3) is 0.200. The van der Waals surface area contributed by atoms with E-state index < -0.39 is 0 Å². The number of amides is 1. The van der Waals surface area contributed by atoms with Crippen LogP contribution in [0.15, 0.2) is 47.2 Å². The lowest BCUT2D eigenvalue weighted by Crippen LogP contribution is -2.28. The van der Waals surface area contributed by atoms with Crippen molar-refractivity contribution in [1.29, 1.82) is 0 Å². The average molecular weight is 335 g/mol. The van der Waals surface area contributed by atoms with Gasteiger partial charge in [0.15, 0.2) is 6.61 Å². The van der Waals surface area contributed by atoms with Crippen molar-refractivity contribution in [3.63, 3.8) is 0 Å². The number of hydrogen-bond acceptors (Lipinski definition) is 3. The highest BCUT2D eigenvalue weighted by molar-refractivity contribution is 9.10. The molecule has 20 heavy (non-hydrogen) atoms. The fourth-order valence-corrected chi connectivity index (χ4v) is 2.23. The van der Waals surface area contributed by atoms with Crippen molar-refractivity contribution in [2.45, 2.75) is 13.5 Å². The number of nitrogens with one attached hydrogen (secondary N) is 1. The van der Waals surface area contributed by atoms with Crippen molar-refractivity contribution in [3.05, 3.63) is 58.3 Å². The maximum atomic E-state index is 11.7. The molecule has 2 rings (SSSR count). The number of rotatable bonds is 5. The number of pyridine rings is 1. The molecule has 0 spiro atoms. The quantitative estimate of drug-likeness (QED) is 0.914. The summed E-state index contributed by atoms with van der Waals surface area (Å²) in [6, 6.07) is 9.45.